The average Bonchev–Trinajstić information content (AvgIpc) is 2.16. The van der Waals surface area contributed by atoms with E-state index in [1.165, 1.54) is 0 Å². The highest BCUT2D eigenvalue weighted by atomic mass is 16.5. The molecule has 0 bridgehead atoms. The van der Waals surface area contributed by atoms with Crippen LogP contribution in [0.15, 0.2) is 24.0 Å². The van der Waals surface area contributed by atoms with E-state index in [9.17, 15) is 0 Å². The zero-order valence-electron chi connectivity index (χ0n) is 10.1. The lowest BCUT2D eigenvalue weighted by Crippen LogP contribution is -2.33. The van der Waals surface area contributed by atoms with Gasteiger partial charge in [0.1, 0.15) is 5.76 Å². The Morgan fingerprint density at radius 1 is 1.50 bits per heavy atom. The lowest BCUT2D eigenvalue weighted by atomic mass is 10.0. The predicted molar refractivity (Wildman–Crippen MR) is 62.2 cm³/mol. The van der Waals surface area contributed by atoms with Crippen molar-refractivity contribution in [3.8, 4) is 0 Å². The smallest absolute Gasteiger partial charge is 0.113 e. The molecule has 2 nitrogen and oxygen atoms in total. The largest absolute Gasteiger partial charge is 0.499 e. The number of allylic oxidation sites excluding steroid dienone is 2. The lowest BCUT2D eigenvalue weighted by Gasteiger charge is -2.22. The molecule has 82 valence electrons. The summed E-state index contributed by atoms with van der Waals surface area (Å²) in [6.07, 6.45) is 2.99. The van der Waals surface area contributed by atoms with Gasteiger partial charge in [-0.2, -0.15) is 0 Å². The van der Waals surface area contributed by atoms with Crippen LogP contribution in [-0.2, 0) is 4.74 Å². The predicted octanol–water partition coefficient (Wildman–Crippen LogP) is 2.73. The quantitative estimate of drug-likeness (QED) is 0.522. The molecule has 14 heavy (non-hydrogen) atoms. The Morgan fingerprint density at radius 2 is 2.07 bits per heavy atom. The van der Waals surface area contributed by atoms with Crippen LogP contribution in [0.3, 0.4) is 0 Å². The summed E-state index contributed by atoms with van der Waals surface area (Å²) in [5.74, 6) is 1.48. The second-order valence-electron chi connectivity index (χ2n) is 3.77. The third-order valence-corrected chi connectivity index (χ3v) is 2.32. The molecule has 0 fully saturated rings. The van der Waals surface area contributed by atoms with Gasteiger partial charge >= 0.3 is 0 Å². The Balaban J connectivity index is 4.67. The number of hydrogen-bond acceptors (Lipinski definition) is 2. The van der Waals surface area contributed by atoms with Gasteiger partial charge in [-0.3, -0.25) is 0 Å². The number of methoxy groups -OCH3 is 1. The summed E-state index contributed by atoms with van der Waals surface area (Å²) in [6, 6.07) is 0.267. The van der Waals surface area contributed by atoms with Crippen LogP contribution >= 0.6 is 0 Å². The highest BCUT2D eigenvalue weighted by Crippen LogP contribution is 2.15. The molecule has 1 N–H and O–H groups in total. The Morgan fingerprint density at radius 3 is 2.36 bits per heavy atom. The fourth-order valence-corrected chi connectivity index (χ4v) is 1.38. The molecule has 0 aromatic rings. The van der Waals surface area contributed by atoms with Crippen LogP contribution < -0.4 is 5.32 Å². The molecule has 0 radical (unpaired) electrons. The van der Waals surface area contributed by atoms with Gasteiger partial charge in [0.05, 0.1) is 13.2 Å². The van der Waals surface area contributed by atoms with Crippen molar-refractivity contribution in [3.63, 3.8) is 0 Å². The van der Waals surface area contributed by atoms with E-state index < -0.39 is 0 Å². The summed E-state index contributed by atoms with van der Waals surface area (Å²) >= 11 is 0. The van der Waals surface area contributed by atoms with Crippen molar-refractivity contribution in [2.75, 3.05) is 14.2 Å². The van der Waals surface area contributed by atoms with Crippen LogP contribution in [0.25, 0.3) is 0 Å². The van der Waals surface area contributed by atoms with Gasteiger partial charge in [-0.1, -0.05) is 32.9 Å². The third kappa shape index (κ3) is 3.97. The van der Waals surface area contributed by atoms with Gasteiger partial charge in [0.25, 0.3) is 0 Å². The molecule has 0 saturated carbocycles. The molecule has 0 heterocycles. The molecule has 0 aliphatic heterocycles. The maximum absolute atomic E-state index is 5.37. The molecule has 1 unspecified atom stereocenters. The topological polar surface area (TPSA) is 21.3 Å². The third-order valence-electron chi connectivity index (χ3n) is 2.32. The van der Waals surface area contributed by atoms with Crippen LogP contribution in [0.4, 0.5) is 0 Å². The molecule has 0 amide bonds. The summed E-state index contributed by atoms with van der Waals surface area (Å²) in [7, 11) is 3.66. The number of hydrogen-bond donors (Lipinski definition) is 1. The van der Waals surface area contributed by atoms with E-state index in [0.29, 0.717) is 5.92 Å². The fourth-order valence-electron chi connectivity index (χ4n) is 1.38. The van der Waals surface area contributed by atoms with E-state index in [-0.39, 0.29) is 6.04 Å². The maximum atomic E-state index is 5.37. The summed E-state index contributed by atoms with van der Waals surface area (Å²) < 4.78 is 5.37. The number of nitrogens with one attached hydrogen (secondary N) is 1. The van der Waals surface area contributed by atoms with Crippen molar-refractivity contribution in [2.45, 2.75) is 33.2 Å². The van der Waals surface area contributed by atoms with E-state index in [0.717, 1.165) is 17.8 Å². The van der Waals surface area contributed by atoms with Crippen LogP contribution in [0.1, 0.15) is 27.2 Å². The summed E-state index contributed by atoms with van der Waals surface area (Å²) in [6.45, 7) is 10.4. The zero-order valence-corrected chi connectivity index (χ0v) is 10.1. The maximum Gasteiger partial charge on any atom is 0.113 e. The van der Waals surface area contributed by atoms with E-state index in [1.807, 2.05) is 13.1 Å². The van der Waals surface area contributed by atoms with Crippen LogP contribution in [0, 0.1) is 5.92 Å². The number of likely N-dealkylation sites (N-methyl/N-ethyl adjacent to an activating group) is 1. The Labute approximate surface area is 88.0 Å². The minimum Gasteiger partial charge on any atom is -0.499 e. The average molecular weight is 197 g/mol. The molecule has 0 aromatic carbocycles. The van der Waals surface area contributed by atoms with Gasteiger partial charge in [0, 0.05) is 0 Å². The summed E-state index contributed by atoms with van der Waals surface area (Å²) in [4.78, 5) is 0. The Hall–Kier alpha value is -0.760. The first kappa shape index (κ1) is 13.2. The molecular formula is C12H23NO. The van der Waals surface area contributed by atoms with Gasteiger partial charge in [-0.05, 0) is 25.5 Å². The van der Waals surface area contributed by atoms with Crippen molar-refractivity contribution >= 4 is 0 Å². The van der Waals surface area contributed by atoms with Gasteiger partial charge in [0.2, 0.25) is 0 Å². The molecular weight excluding hydrogens is 174 g/mol. The highest BCUT2D eigenvalue weighted by Gasteiger charge is 2.16. The van der Waals surface area contributed by atoms with Crippen molar-refractivity contribution in [1.29, 1.82) is 0 Å². The van der Waals surface area contributed by atoms with Gasteiger partial charge in [0.15, 0.2) is 0 Å². The molecule has 0 saturated heterocycles. The molecule has 0 spiro atoms. The van der Waals surface area contributed by atoms with Crippen molar-refractivity contribution in [1.82, 2.24) is 5.32 Å². The van der Waals surface area contributed by atoms with E-state index >= 15 is 0 Å². The highest BCUT2D eigenvalue weighted by molar-refractivity contribution is 5.20. The fraction of sp³-hybridized carbons (Fsp3) is 0.667. The number of ether oxygens (including phenoxy) is 1. The van der Waals surface area contributed by atoms with Gasteiger partial charge < -0.3 is 10.1 Å². The first-order valence-corrected chi connectivity index (χ1v) is 5.17. The monoisotopic (exact) mass is 197 g/mol. The van der Waals surface area contributed by atoms with Crippen molar-refractivity contribution in [3.05, 3.63) is 24.0 Å². The first-order valence-electron chi connectivity index (χ1n) is 5.17. The number of rotatable bonds is 6. The van der Waals surface area contributed by atoms with Crippen molar-refractivity contribution in [2.24, 2.45) is 5.92 Å². The minimum absolute atomic E-state index is 0.267. The van der Waals surface area contributed by atoms with Gasteiger partial charge in [-0.15, -0.1) is 0 Å². The second kappa shape index (κ2) is 6.66. The van der Waals surface area contributed by atoms with Crippen LogP contribution in [-0.4, -0.2) is 20.2 Å². The Bertz CT molecular complexity index is 206. The summed E-state index contributed by atoms with van der Waals surface area (Å²) in [5, 5.41) is 3.25. The van der Waals surface area contributed by atoms with E-state index in [4.69, 9.17) is 4.74 Å². The van der Waals surface area contributed by atoms with Crippen LogP contribution in [0.2, 0.25) is 0 Å². The lowest BCUT2D eigenvalue weighted by molar-refractivity contribution is 0.233. The SMILES string of the molecule is C=C(/C=C(/OC)C(NC)C(C)C)CC. The van der Waals surface area contributed by atoms with E-state index in [2.05, 4.69) is 32.7 Å². The molecule has 0 aromatic heterocycles. The minimum atomic E-state index is 0.267. The van der Waals surface area contributed by atoms with E-state index in [1.54, 1.807) is 7.11 Å². The molecule has 0 aliphatic rings. The summed E-state index contributed by atoms with van der Waals surface area (Å²) in [5.41, 5.74) is 1.10. The molecule has 1 atom stereocenters. The molecule has 2 heteroatoms. The van der Waals surface area contributed by atoms with Crippen LogP contribution in [0.5, 0.6) is 0 Å². The standard InChI is InChI=1S/C12H23NO/c1-7-10(4)8-11(14-6)12(13-5)9(2)3/h8-9,12-13H,4,7H2,1-3,5-6H3/b11-8+. The van der Waals surface area contributed by atoms with Crippen molar-refractivity contribution < 1.29 is 4.74 Å². The Kier molecular flexibility index (Phi) is 6.30. The van der Waals surface area contributed by atoms with Gasteiger partial charge in [-0.25, -0.2) is 0 Å². The molecule has 0 aliphatic carbocycles. The first-order chi connectivity index (χ1) is 6.56. The normalized spacial score (nSPS) is 14.3. The second-order valence-corrected chi connectivity index (χ2v) is 3.77. The molecule has 0 rings (SSSR count). The zero-order chi connectivity index (χ0) is 11.1.